The van der Waals surface area contributed by atoms with Crippen LogP contribution in [0.15, 0.2) is 90.9 Å². The Labute approximate surface area is 634 Å². The van der Waals surface area contributed by atoms with Gasteiger partial charge in [0.05, 0.1) is 105 Å². The van der Waals surface area contributed by atoms with E-state index in [9.17, 15) is 27.6 Å². The Morgan fingerprint density at radius 1 is 0.537 bits per heavy atom. The van der Waals surface area contributed by atoms with E-state index in [1.54, 1.807) is 108 Å². The first-order valence-corrected chi connectivity index (χ1v) is 38.2. The zero-order valence-electron chi connectivity index (χ0n) is 63.1. The van der Waals surface area contributed by atoms with Crippen molar-refractivity contribution in [1.29, 1.82) is 0 Å². The molecule has 31 heteroatoms. The molecule has 8 heterocycles. The molecule has 3 aromatic carbocycles. The molecular formula is C77H108N14O16S. The molecule has 0 unspecified atom stereocenters. The molecule has 6 aliphatic heterocycles. The summed E-state index contributed by atoms with van der Waals surface area (Å²) in [7, 11) is 2.65. The Kier molecular flexibility index (Phi) is 34.8. The molecule has 2 aromatic heterocycles. The second-order valence-electron chi connectivity index (χ2n) is 26.2. The van der Waals surface area contributed by atoms with Crippen LogP contribution in [0.1, 0.15) is 99.4 Å². The summed E-state index contributed by atoms with van der Waals surface area (Å²) in [5, 5.41) is 24.8. The standard InChI is InChI=1S/2C28H36N6O5.C14H21NO4S.C7H15NO2/c2*1-4-25(35)33-11-8-21(19-33)34-28(30-9-5-10-32-12-14-39-15-13-32)26(27(29)36)24(31-34)7-6-20-16-22(37-2)18-23(17-20)38-3;1-13-3-5-14(6-4-13)20(16,17)19-10-2-7-15-8-11-18-12-9-15;9-5-1-2-8-3-6-10-7-4-8/h2*4,16-18,21,30H,1,5,8-15,19H2,2-3H3,(H2,29,36);3-6H,2,7-12H2,1H3;9H,1-7H2/t2*21-;;/m00../s1. The number of ether oxygens (including phenoxy) is 8. The first-order valence-electron chi connectivity index (χ1n) is 36.8. The maximum absolute atomic E-state index is 12.7. The minimum absolute atomic E-state index is 0.133. The van der Waals surface area contributed by atoms with Crippen LogP contribution in [0, 0.1) is 30.6 Å². The third-order valence-electron chi connectivity index (χ3n) is 18.8. The number of carbonyl (C=O) groups excluding carboxylic acids is 4. The van der Waals surface area contributed by atoms with E-state index in [0.29, 0.717) is 111 Å². The monoisotopic (exact) mass is 1520 g/mol. The highest BCUT2D eigenvalue weighted by Crippen LogP contribution is 2.32. The summed E-state index contributed by atoms with van der Waals surface area (Å²) in [5.74, 6) is 14.1. The molecule has 6 fully saturated rings. The van der Waals surface area contributed by atoms with Gasteiger partial charge in [-0.15, -0.1) is 0 Å². The molecule has 0 radical (unpaired) electrons. The molecular weight excluding hydrogens is 1410 g/mol. The van der Waals surface area contributed by atoms with Crippen molar-refractivity contribution < 1.29 is 74.8 Å². The van der Waals surface area contributed by atoms with Gasteiger partial charge in [0.25, 0.3) is 21.9 Å². The zero-order chi connectivity index (χ0) is 77.2. The lowest BCUT2D eigenvalue weighted by Gasteiger charge is -2.26. The van der Waals surface area contributed by atoms with Crippen molar-refractivity contribution in [2.24, 2.45) is 11.5 Å². The van der Waals surface area contributed by atoms with E-state index in [-0.39, 0.29) is 57.9 Å². The molecule has 6 aliphatic rings. The van der Waals surface area contributed by atoms with E-state index in [1.807, 2.05) is 6.92 Å². The highest BCUT2D eigenvalue weighted by molar-refractivity contribution is 7.86. The van der Waals surface area contributed by atoms with Gasteiger partial charge < -0.3 is 74.9 Å². The Hall–Kier alpha value is -9.09. The largest absolute Gasteiger partial charge is 0.497 e. The molecule has 6 saturated heterocycles. The summed E-state index contributed by atoms with van der Waals surface area (Å²) in [6.07, 6.45) is 7.29. The lowest BCUT2D eigenvalue weighted by Crippen LogP contribution is -2.37. The summed E-state index contributed by atoms with van der Waals surface area (Å²) >= 11 is 0. The zero-order valence-corrected chi connectivity index (χ0v) is 64.0. The molecule has 108 heavy (non-hydrogen) atoms. The molecule has 0 aliphatic carbocycles. The van der Waals surface area contributed by atoms with E-state index in [2.05, 4.69) is 67.1 Å². The van der Waals surface area contributed by atoms with Gasteiger partial charge in [0.1, 0.15) is 45.8 Å². The van der Waals surface area contributed by atoms with Gasteiger partial charge in [-0.2, -0.15) is 18.6 Å². The molecule has 30 nitrogen and oxygen atoms in total. The third-order valence-corrected chi connectivity index (χ3v) is 20.1. The fraction of sp³-hybridized carbons (Fsp3) is 0.532. The predicted molar refractivity (Wildman–Crippen MR) is 409 cm³/mol. The van der Waals surface area contributed by atoms with Crippen LogP contribution in [0.4, 0.5) is 11.6 Å². The van der Waals surface area contributed by atoms with Gasteiger partial charge in [-0.25, -0.2) is 9.36 Å². The number of hydrogen-bond donors (Lipinski definition) is 5. The number of benzene rings is 3. The molecule has 588 valence electrons. The topological polar surface area (TPSA) is 337 Å². The number of likely N-dealkylation sites (tertiary alicyclic amines) is 2. The number of aliphatic hydroxyl groups is 1. The van der Waals surface area contributed by atoms with E-state index in [1.165, 1.54) is 12.2 Å². The molecule has 5 aromatic rings. The quantitative estimate of drug-likeness (QED) is 0.0195. The lowest BCUT2D eigenvalue weighted by molar-refractivity contribution is -0.125. The van der Waals surface area contributed by atoms with Gasteiger partial charge >= 0.3 is 0 Å². The van der Waals surface area contributed by atoms with E-state index >= 15 is 0 Å². The second-order valence-corrected chi connectivity index (χ2v) is 27.8. The number of rotatable bonds is 29. The van der Waals surface area contributed by atoms with Crippen molar-refractivity contribution in [2.75, 3.05) is 223 Å². The number of aliphatic hydroxyl groups excluding tert-OH is 1. The Morgan fingerprint density at radius 3 is 1.22 bits per heavy atom. The highest BCUT2D eigenvalue weighted by atomic mass is 32.2. The SMILES string of the molecule is C=CC(=O)N1CC[C@H](n2nc(C#Cc3cc(OC)cc(OC)c3)c(C(N)=O)c2NCCCN2CCOCC2)C1.C=CC(=O)N1CC[C@H](n2nc(C#Cc3cc(OC)cc(OC)c3)c(C(N)=O)c2NCCCN2CCOCC2)C1.Cc1ccc(S(=O)(=O)OCCCN2CCOCC2)cc1.OCCCN1CCOCC1. The summed E-state index contributed by atoms with van der Waals surface area (Å²) in [4.78, 5) is 62.8. The molecule has 7 N–H and O–H groups in total. The Morgan fingerprint density at radius 2 is 0.889 bits per heavy atom. The van der Waals surface area contributed by atoms with Crippen molar-refractivity contribution in [3.63, 3.8) is 0 Å². The molecule has 11 rings (SSSR count). The number of hydrogen-bond acceptors (Lipinski definition) is 24. The first-order chi connectivity index (χ1) is 52.4. The van der Waals surface area contributed by atoms with E-state index in [4.69, 9.17) is 68.8 Å². The number of aryl methyl sites for hydroxylation is 1. The average molecular weight is 1520 g/mol. The van der Waals surface area contributed by atoms with Crippen molar-refractivity contribution in [2.45, 2.75) is 62.4 Å². The average Bonchev–Trinajstić information content (AvgIpc) is 1.64. The van der Waals surface area contributed by atoms with Gasteiger partial charge in [0, 0.05) is 135 Å². The molecule has 0 bridgehead atoms. The normalized spacial score (nSPS) is 17.6. The van der Waals surface area contributed by atoms with Gasteiger partial charge in [-0.05, 0) is 119 Å². The van der Waals surface area contributed by atoms with Crippen LogP contribution in [-0.4, -0.2) is 298 Å². The number of nitrogens with two attached hydrogens (primary N) is 2. The molecule has 2 atom stereocenters. The van der Waals surface area contributed by atoms with Gasteiger partial charge in [-0.3, -0.25) is 43.0 Å². The fourth-order valence-electron chi connectivity index (χ4n) is 12.8. The summed E-state index contributed by atoms with van der Waals surface area (Å²) in [5.41, 5.74) is 15.0. The molecule has 0 spiro atoms. The van der Waals surface area contributed by atoms with Crippen LogP contribution in [-0.2, 0) is 42.8 Å². The Balaban J connectivity index is 0.000000199. The maximum atomic E-state index is 12.7. The summed E-state index contributed by atoms with van der Waals surface area (Å²) < 4.78 is 75.1. The number of morpholine rings is 4. The summed E-state index contributed by atoms with van der Waals surface area (Å²) in [6.45, 7) is 30.3. The first kappa shape index (κ1) is 84.5. The van der Waals surface area contributed by atoms with Crippen molar-refractivity contribution in [1.82, 2.24) is 49.0 Å². The van der Waals surface area contributed by atoms with Crippen LogP contribution >= 0.6 is 0 Å². The van der Waals surface area contributed by atoms with E-state index < -0.39 is 21.9 Å². The Bertz CT molecular complexity index is 3740. The number of anilines is 2. The number of amides is 4. The van der Waals surface area contributed by atoms with Crippen LogP contribution in [0.25, 0.3) is 0 Å². The van der Waals surface area contributed by atoms with Crippen LogP contribution in [0.5, 0.6) is 23.0 Å². The van der Waals surface area contributed by atoms with Crippen molar-refractivity contribution >= 4 is 45.4 Å². The summed E-state index contributed by atoms with van der Waals surface area (Å²) in [6, 6.07) is 17.0. The fourth-order valence-corrected chi connectivity index (χ4v) is 13.7. The van der Waals surface area contributed by atoms with Crippen molar-refractivity contribution in [3.8, 4) is 46.7 Å². The molecule has 4 amide bonds. The third kappa shape index (κ3) is 26.1. The van der Waals surface area contributed by atoms with Crippen LogP contribution in [0.3, 0.4) is 0 Å². The minimum Gasteiger partial charge on any atom is -0.497 e. The second kappa shape index (κ2) is 44.4. The van der Waals surface area contributed by atoms with Gasteiger partial charge in [0.2, 0.25) is 11.8 Å². The lowest BCUT2D eigenvalue weighted by atomic mass is 10.1. The van der Waals surface area contributed by atoms with Gasteiger partial charge in [0.15, 0.2) is 11.4 Å². The number of primary amides is 2. The number of carbonyl (C=O) groups is 4. The highest BCUT2D eigenvalue weighted by Gasteiger charge is 2.34. The predicted octanol–water partition coefficient (Wildman–Crippen LogP) is 4.11. The maximum Gasteiger partial charge on any atom is 0.296 e. The number of nitrogens with one attached hydrogen (secondary N) is 2. The smallest absolute Gasteiger partial charge is 0.296 e. The number of aromatic nitrogens is 4. The number of nitrogens with zero attached hydrogens (tertiary/aromatic N) is 10. The number of methoxy groups -OCH3 is 4. The van der Waals surface area contributed by atoms with Crippen molar-refractivity contribution in [3.05, 3.63) is 125 Å². The van der Waals surface area contributed by atoms with Crippen LogP contribution < -0.4 is 41.0 Å². The molecule has 0 saturated carbocycles. The van der Waals surface area contributed by atoms with E-state index in [0.717, 1.165) is 156 Å². The van der Waals surface area contributed by atoms with Crippen LogP contribution in [0.2, 0.25) is 0 Å². The van der Waals surface area contributed by atoms with Gasteiger partial charge in [-0.1, -0.05) is 42.7 Å². The minimum atomic E-state index is -3.62.